The Balaban J connectivity index is 1.01. The van der Waals surface area contributed by atoms with Crippen LogP contribution >= 0.6 is 0 Å². The summed E-state index contributed by atoms with van der Waals surface area (Å²) < 4.78 is 17.6. The van der Waals surface area contributed by atoms with Gasteiger partial charge in [0.1, 0.15) is 11.2 Å². The molecule has 0 heterocycles. The summed E-state index contributed by atoms with van der Waals surface area (Å²) in [5.41, 5.74) is -7.91. The highest BCUT2D eigenvalue weighted by atomic mass is 19.1. The van der Waals surface area contributed by atoms with Crippen LogP contribution in [0.3, 0.4) is 0 Å². The Labute approximate surface area is 305 Å². The SMILES string of the molecule is C[C@H]1CC2C3CCC4=CC(=O)C=C[C@]4(C)[C@@]3(F)[C@@H](O)C[C@]2(C)[C@@]1(O)C(=O)[CH]CC(=O)[C@@]1(O)CCC2C3CCC4=CC(=O)C=C[C@]4(C)C3[C@@H](O)C[C@@]21C. The third-order valence-corrected chi connectivity index (χ3v) is 17.2. The summed E-state index contributed by atoms with van der Waals surface area (Å²) in [5, 5.41) is 48.2. The van der Waals surface area contributed by atoms with Crippen molar-refractivity contribution in [3.05, 3.63) is 54.0 Å². The van der Waals surface area contributed by atoms with E-state index in [4.69, 9.17) is 0 Å². The first-order chi connectivity index (χ1) is 24.2. The molecule has 1 radical (unpaired) electrons. The van der Waals surface area contributed by atoms with Gasteiger partial charge in [-0.1, -0.05) is 51.0 Å². The van der Waals surface area contributed by atoms with Crippen molar-refractivity contribution in [3.63, 3.8) is 0 Å². The highest BCUT2D eigenvalue weighted by Gasteiger charge is 2.76. The van der Waals surface area contributed by atoms with Crippen molar-refractivity contribution in [2.75, 3.05) is 0 Å². The molecule has 0 aromatic rings. The molecule has 15 atom stereocenters. The Morgan fingerprint density at radius 3 is 2.23 bits per heavy atom. The minimum absolute atomic E-state index is 0.0386. The van der Waals surface area contributed by atoms with Gasteiger partial charge >= 0.3 is 0 Å². The molecule has 8 aliphatic carbocycles. The number of Topliss-reactive ketones (excluding diaryl/α,β-unsaturated/α-hetero) is 2. The highest BCUT2D eigenvalue weighted by Crippen LogP contribution is 2.71. The van der Waals surface area contributed by atoms with Crippen LogP contribution in [0.25, 0.3) is 0 Å². The summed E-state index contributed by atoms with van der Waals surface area (Å²) >= 11 is 0. The second-order valence-corrected chi connectivity index (χ2v) is 19.0. The lowest BCUT2D eigenvalue weighted by molar-refractivity contribution is -0.218. The molecule has 0 aromatic carbocycles. The largest absolute Gasteiger partial charge is 0.393 e. The van der Waals surface area contributed by atoms with Crippen LogP contribution in [-0.4, -0.2) is 72.6 Å². The minimum atomic E-state index is -2.09. The van der Waals surface area contributed by atoms with Crippen molar-refractivity contribution in [2.45, 2.75) is 128 Å². The second-order valence-electron chi connectivity index (χ2n) is 19.0. The third-order valence-electron chi connectivity index (χ3n) is 17.2. The number of hydrogen-bond acceptors (Lipinski definition) is 8. The molecular weight excluding hydrogens is 663 g/mol. The number of rotatable bonds is 5. The molecule has 0 aromatic heterocycles. The van der Waals surface area contributed by atoms with Crippen molar-refractivity contribution in [1.29, 1.82) is 0 Å². The van der Waals surface area contributed by atoms with E-state index < -0.39 is 86.5 Å². The van der Waals surface area contributed by atoms with Crippen LogP contribution in [0.1, 0.15) is 98.8 Å². The maximum absolute atomic E-state index is 17.6. The van der Waals surface area contributed by atoms with Crippen LogP contribution in [-0.2, 0) is 19.2 Å². The summed E-state index contributed by atoms with van der Waals surface area (Å²) in [7, 11) is 0. The van der Waals surface area contributed by atoms with Crippen LogP contribution < -0.4 is 0 Å². The molecule has 8 nitrogen and oxygen atoms in total. The van der Waals surface area contributed by atoms with Crippen molar-refractivity contribution in [2.24, 2.45) is 57.2 Å². The van der Waals surface area contributed by atoms with Gasteiger partial charge in [0, 0.05) is 46.3 Å². The zero-order valence-electron chi connectivity index (χ0n) is 31.0. The number of alkyl halides is 1. The van der Waals surface area contributed by atoms with E-state index in [9.17, 15) is 39.6 Å². The zero-order valence-corrected chi connectivity index (χ0v) is 31.0. The molecule has 6 fully saturated rings. The van der Waals surface area contributed by atoms with Crippen molar-refractivity contribution in [1.82, 2.24) is 0 Å². The Morgan fingerprint density at radius 2 is 1.52 bits per heavy atom. The molecule has 4 N–H and O–H groups in total. The third kappa shape index (κ3) is 4.23. The predicted octanol–water partition coefficient (Wildman–Crippen LogP) is 5.08. The van der Waals surface area contributed by atoms with Gasteiger partial charge in [-0.05, 0) is 113 Å². The molecule has 8 aliphatic rings. The summed E-state index contributed by atoms with van der Waals surface area (Å²) in [5.74, 6) is -3.22. The van der Waals surface area contributed by atoms with Gasteiger partial charge in [0.2, 0.25) is 0 Å². The molecule has 0 amide bonds. The number of aliphatic hydroxyl groups excluding tert-OH is 2. The molecule has 52 heavy (non-hydrogen) atoms. The summed E-state index contributed by atoms with van der Waals surface area (Å²) in [6.07, 6.45) is 11.7. The van der Waals surface area contributed by atoms with Gasteiger partial charge < -0.3 is 20.4 Å². The monoisotopic (exact) mass is 717 g/mol. The maximum atomic E-state index is 17.6. The average molecular weight is 718 g/mol. The summed E-state index contributed by atoms with van der Waals surface area (Å²) in [4.78, 5) is 52.8. The van der Waals surface area contributed by atoms with Crippen molar-refractivity contribution >= 4 is 23.1 Å². The maximum Gasteiger partial charge on any atom is 0.178 e. The molecule has 8 rings (SSSR count). The van der Waals surface area contributed by atoms with Gasteiger partial charge in [-0.25, -0.2) is 4.39 Å². The first-order valence-corrected chi connectivity index (χ1v) is 19.5. The fourth-order valence-corrected chi connectivity index (χ4v) is 14.4. The predicted molar refractivity (Wildman–Crippen MR) is 190 cm³/mol. The van der Waals surface area contributed by atoms with E-state index in [0.717, 1.165) is 12.0 Å². The van der Waals surface area contributed by atoms with E-state index in [2.05, 4.69) is 6.92 Å². The van der Waals surface area contributed by atoms with Crippen LogP contribution in [0.2, 0.25) is 0 Å². The molecule has 6 saturated carbocycles. The van der Waals surface area contributed by atoms with Gasteiger partial charge in [0.05, 0.1) is 12.2 Å². The van der Waals surface area contributed by atoms with E-state index in [1.54, 1.807) is 39.0 Å². The Bertz CT molecular complexity index is 1780. The van der Waals surface area contributed by atoms with Crippen LogP contribution in [0, 0.1) is 63.6 Å². The lowest BCUT2D eigenvalue weighted by Gasteiger charge is -2.62. The number of halogens is 1. The molecule has 9 heteroatoms. The molecule has 0 saturated heterocycles. The number of carbonyl (C=O) groups excluding carboxylic acids is 4. The smallest absolute Gasteiger partial charge is 0.178 e. The van der Waals surface area contributed by atoms with E-state index >= 15 is 4.39 Å². The normalized spacial score (nSPS) is 53.1. The topological polar surface area (TPSA) is 149 Å². The van der Waals surface area contributed by atoms with Crippen molar-refractivity contribution in [3.8, 4) is 0 Å². The van der Waals surface area contributed by atoms with Crippen LogP contribution in [0.15, 0.2) is 47.6 Å². The standard InChI is InChI=1S/C43H54FO8/c1-23-18-31-30-9-7-25-20-27(46)13-16-38(25,3)42(30,44)35(50)22-40(31,5)43(23,52)34(49)11-10-33(48)41(51)17-14-29-28-8-6-24-19-26(45)12-15-37(24,2)36(28)32(47)21-39(29,41)4/h11-13,15-16,19-20,23,28-32,35-36,47,50-52H,6-10,14,17-18,21-22H2,1-5H3/t23-,28?,29?,30?,31?,32-,35-,36?,37-,38-,39-,40-,41-,42-,43-/m0/s1. The van der Waals surface area contributed by atoms with Gasteiger partial charge in [-0.2, -0.15) is 0 Å². The molecule has 0 spiro atoms. The quantitative estimate of drug-likeness (QED) is 0.308. The fraction of sp³-hybridized carbons (Fsp3) is 0.698. The number of aliphatic hydroxyl groups is 4. The number of carbonyl (C=O) groups is 4. The molecule has 0 bridgehead atoms. The first kappa shape index (κ1) is 36.4. The van der Waals surface area contributed by atoms with E-state index in [0.29, 0.717) is 37.7 Å². The Hall–Kier alpha value is -2.59. The van der Waals surface area contributed by atoms with Gasteiger partial charge in [-0.3, -0.25) is 19.2 Å². The molecule has 5 unspecified atom stereocenters. The Kier molecular flexibility index (Phi) is 7.86. The van der Waals surface area contributed by atoms with Gasteiger partial charge in [-0.15, -0.1) is 0 Å². The highest BCUT2D eigenvalue weighted by molar-refractivity contribution is 6.02. The summed E-state index contributed by atoms with van der Waals surface area (Å²) in [6.45, 7) is 9.25. The van der Waals surface area contributed by atoms with Gasteiger partial charge in [0.25, 0.3) is 0 Å². The number of ketones is 4. The average Bonchev–Trinajstić information content (AvgIpc) is 3.47. The van der Waals surface area contributed by atoms with Gasteiger partial charge in [0.15, 0.2) is 28.8 Å². The fourth-order valence-electron chi connectivity index (χ4n) is 14.4. The molecule has 281 valence electrons. The lowest BCUT2D eigenvalue weighted by atomic mass is 9.44. The second kappa shape index (κ2) is 11.2. The van der Waals surface area contributed by atoms with E-state index in [-0.39, 0.29) is 48.6 Å². The molecular formula is C43H54FO8. The number of fused-ring (bicyclic) bond motifs is 10. The Morgan fingerprint density at radius 1 is 0.865 bits per heavy atom. The number of allylic oxidation sites excluding steroid dienone is 8. The molecule has 0 aliphatic heterocycles. The van der Waals surface area contributed by atoms with Crippen molar-refractivity contribution < 1.29 is 44.0 Å². The zero-order chi connectivity index (χ0) is 37.6. The minimum Gasteiger partial charge on any atom is -0.393 e. The van der Waals surface area contributed by atoms with E-state index in [1.165, 1.54) is 18.6 Å². The van der Waals surface area contributed by atoms with E-state index in [1.807, 2.05) is 13.0 Å². The lowest BCUT2D eigenvalue weighted by Crippen LogP contribution is -2.69. The van der Waals surface area contributed by atoms with Crippen LogP contribution in [0.5, 0.6) is 0 Å². The number of hydrogen-bond donors (Lipinski definition) is 4. The van der Waals surface area contributed by atoms with Crippen LogP contribution in [0.4, 0.5) is 4.39 Å². The summed E-state index contributed by atoms with van der Waals surface area (Å²) in [6, 6.07) is 0. The first-order valence-electron chi connectivity index (χ1n) is 19.5.